The van der Waals surface area contributed by atoms with Crippen LogP contribution in [0.25, 0.3) is 99.4 Å². The Hall–Kier alpha value is -6.77. The van der Waals surface area contributed by atoms with Gasteiger partial charge in [-0.15, -0.1) is 0 Å². The van der Waals surface area contributed by atoms with E-state index in [2.05, 4.69) is 170 Å². The zero-order valence-corrected chi connectivity index (χ0v) is 27.8. The summed E-state index contributed by atoms with van der Waals surface area (Å²) >= 11 is 0. The van der Waals surface area contributed by atoms with Crippen LogP contribution in [0.2, 0.25) is 0 Å². The molecule has 0 saturated carbocycles. The minimum atomic E-state index is 0.887. The zero-order valence-electron chi connectivity index (χ0n) is 27.8. The van der Waals surface area contributed by atoms with Crippen LogP contribution in [0.5, 0.6) is 0 Å². The van der Waals surface area contributed by atoms with Gasteiger partial charge in [0.15, 0.2) is 0 Å². The second-order valence-electron chi connectivity index (χ2n) is 13.1. The Kier molecular flexibility index (Phi) is 6.85. The molecule has 0 aliphatic rings. The molecular weight excluding hydrogens is 619 g/mol. The van der Waals surface area contributed by atoms with Crippen LogP contribution in [-0.4, -0.2) is 4.98 Å². The van der Waals surface area contributed by atoms with Crippen LogP contribution in [0.4, 0.5) is 0 Å². The molecule has 10 rings (SSSR count). The molecule has 2 aromatic heterocycles. The van der Waals surface area contributed by atoms with E-state index < -0.39 is 0 Å². The number of furan rings is 1. The first-order valence-corrected chi connectivity index (χ1v) is 17.4. The quantitative estimate of drug-likeness (QED) is 0.173. The molecule has 0 atom stereocenters. The van der Waals surface area contributed by atoms with Gasteiger partial charge in [0.2, 0.25) is 0 Å². The molecular formula is C49H31NO. The van der Waals surface area contributed by atoms with Gasteiger partial charge in [-0.3, -0.25) is 0 Å². The number of hydrogen-bond donors (Lipinski definition) is 0. The van der Waals surface area contributed by atoms with Crippen molar-refractivity contribution in [3.8, 4) is 55.8 Å². The van der Waals surface area contributed by atoms with Crippen molar-refractivity contribution in [1.29, 1.82) is 0 Å². The first-order valence-electron chi connectivity index (χ1n) is 17.4. The maximum atomic E-state index is 6.38. The molecule has 2 heteroatoms. The second-order valence-corrected chi connectivity index (χ2v) is 13.1. The van der Waals surface area contributed by atoms with Crippen LogP contribution in [0, 0.1) is 0 Å². The van der Waals surface area contributed by atoms with E-state index in [1.165, 1.54) is 38.8 Å². The number of benzene rings is 8. The maximum Gasteiger partial charge on any atom is 0.136 e. The first-order chi connectivity index (χ1) is 25.3. The molecule has 0 N–H and O–H groups in total. The number of fused-ring (bicyclic) bond motifs is 7. The lowest BCUT2D eigenvalue weighted by molar-refractivity contribution is 0.669. The normalized spacial score (nSPS) is 11.5. The average molecular weight is 650 g/mol. The highest BCUT2D eigenvalue weighted by molar-refractivity contribution is 6.28. The smallest absolute Gasteiger partial charge is 0.136 e. The summed E-state index contributed by atoms with van der Waals surface area (Å²) in [4.78, 5) is 5.27. The summed E-state index contributed by atoms with van der Waals surface area (Å²) in [6.07, 6.45) is 0. The molecule has 0 spiro atoms. The number of aromatic nitrogens is 1. The van der Waals surface area contributed by atoms with Crippen LogP contribution in [0.15, 0.2) is 192 Å². The Balaban J connectivity index is 1.13. The van der Waals surface area contributed by atoms with Crippen LogP contribution in [0.1, 0.15) is 0 Å². The molecule has 0 unspecified atom stereocenters. The Morgan fingerprint density at radius 2 is 0.804 bits per heavy atom. The summed E-state index contributed by atoms with van der Waals surface area (Å²) in [6, 6.07) is 66.9. The van der Waals surface area contributed by atoms with Crippen LogP contribution >= 0.6 is 0 Å². The maximum absolute atomic E-state index is 6.38. The predicted molar refractivity (Wildman–Crippen MR) is 214 cm³/mol. The summed E-state index contributed by atoms with van der Waals surface area (Å²) in [5, 5.41) is 5.66. The van der Waals surface area contributed by atoms with E-state index in [1.807, 2.05) is 18.2 Å². The number of rotatable bonds is 5. The highest BCUT2D eigenvalue weighted by Gasteiger charge is 2.18. The van der Waals surface area contributed by atoms with Crippen molar-refractivity contribution in [2.75, 3.05) is 0 Å². The Labute approximate surface area is 295 Å². The topological polar surface area (TPSA) is 26.0 Å². The highest BCUT2D eigenvalue weighted by atomic mass is 16.3. The number of para-hydroxylation sites is 1. The van der Waals surface area contributed by atoms with Crippen molar-refractivity contribution in [2.45, 2.75) is 0 Å². The molecule has 238 valence electrons. The van der Waals surface area contributed by atoms with Gasteiger partial charge in [0.25, 0.3) is 0 Å². The van der Waals surface area contributed by atoms with Crippen LogP contribution in [0.3, 0.4) is 0 Å². The Morgan fingerprint density at radius 3 is 1.43 bits per heavy atom. The molecule has 0 bridgehead atoms. The van der Waals surface area contributed by atoms with Crippen molar-refractivity contribution < 1.29 is 4.42 Å². The Morgan fingerprint density at radius 1 is 0.294 bits per heavy atom. The third kappa shape index (κ3) is 5.08. The molecule has 2 nitrogen and oxygen atoms in total. The van der Waals surface area contributed by atoms with E-state index in [4.69, 9.17) is 9.40 Å². The molecule has 0 saturated heterocycles. The van der Waals surface area contributed by atoms with Gasteiger partial charge in [-0.1, -0.05) is 140 Å². The summed E-state index contributed by atoms with van der Waals surface area (Å²) < 4.78 is 6.38. The standard InChI is InChI=1S/C49H31NO/c1-4-12-32(13-5-1)38-28-39(33-14-6-2-7-15-33)30-40(29-38)35-22-20-34(21-23-35)37-24-26-44-43(31-37)47-42(49(50-44)36-16-8-3-9-17-36)25-27-46-48(47)41-18-10-11-19-45(41)51-46/h1-31H. The SMILES string of the molecule is c1ccc(-c2cc(-c3ccccc3)cc(-c3ccc(-c4ccc5nc(-c6ccccc6)c6ccc7oc8ccccc8c7c6c5c4)cc3)c2)cc1. The molecule has 51 heavy (non-hydrogen) atoms. The lowest BCUT2D eigenvalue weighted by Crippen LogP contribution is -1.91. The molecule has 10 aromatic rings. The average Bonchev–Trinajstić information content (AvgIpc) is 3.60. The van der Waals surface area contributed by atoms with E-state index in [1.54, 1.807) is 0 Å². The van der Waals surface area contributed by atoms with E-state index in [-0.39, 0.29) is 0 Å². The third-order valence-electron chi connectivity index (χ3n) is 10.0. The molecule has 0 aliphatic carbocycles. The summed E-state index contributed by atoms with van der Waals surface area (Å²) in [7, 11) is 0. The fourth-order valence-corrected chi connectivity index (χ4v) is 7.55. The van der Waals surface area contributed by atoms with Gasteiger partial charge in [-0.2, -0.15) is 0 Å². The van der Waals surface area contributed by atoms with Crippen molar-refractivity contribution >= 4 is 43.6 Å². The number of hydrogen-bond acceptors (Lipinski definition) is 2. The van der Waals surface area contributed by atoms with Gasteiger partial charge in [-0.25, -0.2) is 4.98 Å². The third-order valence-corrected chi connectivity index (χ3v) is 10.0. The number of pyridine rings is 1. The number of nitrogens with zero attached hydrogens (tertiary/aromatic N) is 1. The zero-order chi connectivity index (χ0) is 33.7. The molecule has 0 fully saturated rings. The lowest BCUT2D eigenvalue weighted by atomic mass is 9.92. The van der Waals surface area contributed by atoms with E-state index in [0.29, 0.717) is 0 Å². The van der Waals surface area contributed by atoms with Gasteiger partial charge in [-0.05, 0) is 93.0 Å². The monoisotopic (exact) mass is 649 g/mol. The highest BCUT2D eigenvalue weighted by Crippen LogP contribution is 2.42. The van der Waals surface area contributed by atoms with Crippen LogP contribution < -0.4 is 0 Å². The lowest BCUT2D eigenvalue weighted by Gasteiger charge is -2.13. The summed E-state index contributed by atoms with van der Waals surface area (Å²) in [6.45, 7) is 0. The van der Waals surface area contributed by atoms with Crippen LogP contribution in [-0.2, 0) is 0 Å². The largest absolute Gasteiger partial charge is 0.456 e. The second kappa shape index (κ2) is 12.0. The van der Waals surface area contributed by atoms with Gasteiger partial charge >= 0.3 is 0 Å². The fraction of sp³-hybridized carbons (Fsp3) is 0. The van der Waals surface area contributed by atoms with Gasteiger partial charge in [0.05, 0.1) is 11.2 Å². The van der Waals surface area contributed by atoms with Crippen molar-refractivity contribution in [1.82, 2.24) is 4.98 Å². The Bertz CT molecular complexity index is 2810. The summed E-state index contributed by atoms with van der Waals surface area (Å²) in [5.41, 5.74) is 14.3. The fourth-order valence-electron chi connectivity index (χ4n) is 7.55. The molecule has 2 heterocycles. The van der Waals surface area contributed by atoms with E-state index in [0.717, 1.165) is 60.6 Å². The summed E-state index contributed by atoms with van der Waals surface area (Å²) in [5.74, 6) is 0. The van der Waals surface area contributed by atoms with Crippen molar-refractivity contribution in [2.24, 2.45) is 0 Å². The minimum Gasteiger partial charge on any atom is -0.456 e. The van der Waals surface area contributed by atoms with Crippen molar-refractivity contribution in [3.05, 3.63) is 188 Å². The van der Waals surface area contributed by atoms with E-state index in [9.17, 15) is 0 Å². The van der Waals surface area contributed by atoms with Gasteiger partial charge in [0, 0.05) is 32.5 Å². The predicted octanol–water partition coefficient (Wildman–Crippen LogP) is 13.6. The first kappa shape index (κ1) is 29.2. The minimum absolute atomic E-state index is 0.887. The van der Waals surface area contributed by atoms with Gasteiger partial charge in [0.1, 0.15) is 11.2 Å². The van der Waals surface area contributed by atoms with E-state index >= 15 is 0 Å². The molecule has 0 amide bonds. The molecule has 0 aliphatic heterocycles. The van der Waals surface area contributed by atoms with Gasteiger partial charge < -0.3 is 4.42 Å². The molecule has 8 aromatic carbocycles. The van der Waals surface area contributed by atoms with Crippen molar-refractivity contribution in [3.63, 3.8) is 0 Å². The molecule has 0 radical (unpaired) electrons.